The number of nitrogens with zero attached hydrogens (tertiary/aromatic N) is 4. The van der Waals surface area contributed by atoms with E-state index in [0.29, 0.717) is 32.8 Å². The maximum Gasteiger partial charge on any atom is 0.433 e. The van der Waals surface area contributed by atoms with Crippen LogP contribution >= 0.6 is 0 Å². The largest absolute Gasteiger partial charge is 0.494 e. The Morgan fingerprint density at radius 3 is 2.41 bits per heavy atom. The van der Waals surface area contributed by atoms with Gasteiger partial charge in [0.1, 0.15) is 23.3 Å². The molecular formula is C23H25F3N4O2. The molecule has 0 N–H and O–H groups in total. The van der Waals surface area contributed by atoms with Crippen molar-refractivity contribution >= 4 is 11.7 Å². The van der Waals surface area contributed by atoms with Gasteiger partial charge in [0.15, 0.2) is 0 Å². The highest BCUT2D eigenvalue weighted by molar-refractivity contribution is 5.79. The van der Waals surface area contributed by atoms with Crippen LogP contribution in [0.4, 0.5) is 19.0 Å². The fourth-order valence-electron chi connectivity index (χ4n) is 3.43. The van der Waals surface area contributed by atoms with Crippen molar-refractivity contribution in [2.75, 3.05) is 37.7 Å². The minimum Gasteiger partial charge on any atom is -0.494 e. The Morgan fingerprint density at radius 2 is 1.81 bits per heavy atom. The molecule has 32 heavy (non-hydrogen) atoms. The lowest BCUT2D eigenvalue weighted by Crippen LogP contribution is -2.49. The lowest BCUT2D eigenvalue weighted by Gasteiger charge is -2.36. The molecule has 0 atom stereocenters. The number of aromatic nitrogens is 1. The molecule has 0 bridgehead atoms. The van der Waals surface area contributed by atoms with Crippen LogP contribution in [0.2, 0.25) is 0 Å². The number of pyridine rings is 1. The van der Waals surface area contributed by atoms with Gasteiger partial charge in [0.25, 0.3) is 0 Å². The van der Waals surface area contributed by atoms with Gasteiger partial charge in [-0.25, -0.2) is 4.98 Å². The first kappa shape index (κ1) is 23.4. The summed E-state index contributed by atoms with van der Waals surface area (Å²) in [6.07, 6.45) is -2.31. The van der Waals surface area contributed by atoms with Crippen LogP contribution < -0.4 is 9.64 Å². The number of unbranched alkanes of at least 4 members (excludes halogenated alkanes) is 1. The molecule has 2 aromatic rings. The van der Waals surface area contributed by atoms with Gasteiger partial charge in [0.05, 0.1) is 18.6 Å². The number of alkyl halides is 3. The van der Waals surface area contributed by atoms with Crippen LogP contribution in [0.15, 0.2) is 36.4 Å². The summed E-state index contributed by atoms with van der Waals surface area (Å²) in [7, 11) is 0. The highest BCUT2D eigenvalue weighted by Gasteiger charge is 2.34. The average molecular weight is 446 g/mol. The number of piperazine rings is 1. The molecule has 170 valence electrons. The Hall–Kier alpha value is -3.28. The fourth-order valence-corrected chi connectivity index (χ4v) is 3.43. The summed E-state index contributed by atoms with van der Waals surface area (Å²) in [4.78, 5) is 19.7. The van der Waals surface area contributed by atoms with E-state index in [1.54, 1.807) is 9.80 Å². The van der Waals surface area contributed by atoms with Crippen molar-refractivity contribution in [1.29, 1.82) is 5.26 Å². The third-order valence-corrected chi connectivity index (χ3v) is 5.26. The van der Waals surface area contributed by atoms with E-state index in [2.05, 4.69) is 11.9 Å². The zero-order valence-electron chi connectivity index (χ0n) is 17.9. The topological polar surface area (TPSA) is 69.5 Å². The van der Waals surface area contributed by atoms with Crippen molar-refractivity contribution in [1.82, 2.24) is 9.88 Å². The third-order valence-electron chi connectivity index (χ3n) is 5.26. The SMILES string of the molecule is CCCCOc1ccc(CC(=O)N2CCN(c3nc(C(F)(F)F)ccc3C#N)CC2)cc1. The Balaban J connectivity index is 1.58. The molecule has 0 spiro atoms. The average Bonchev–Trinajstić information content (AvgIpc) is 2.79. The molecule has 0 radical (unpaired) electrons. The molecule has 1 fully saturated rings. The molecule has 3 rings (SSSR count). The van der Waals surface area contributed by atoms with Crippen molar-refractivity contribution in [2.24, 2.45) is 0 Å². The van der Waals surface area contributed by atoms with E-state index < -0.39 is 11.9 Å². The molecule has 9 heteroatoms. The van der Waals surface area contributed by atoms with Crippen LogP contribution in [0.3, 0.4) is 0 Å². The highest BCUT2D eigenvalue weighted by Crippen LogP contribution is 2.30. The van der Waals surface area contributed by atoms with E-state index in [0.717, 1.165) is 36.3 Å². The van der Waals surface area contributed by atoms with E-state index >= 15 is 0 Å². The molecule has 1 aliphatic rings. The first-order chi connectivity index (χ1) is 15.3. The molecule has 1 amide bonds. The quantitative estimate of drug-likeness (QED) is 0.601. The van der Waals surface area contributed by atoms with Gasteiger partial charge in [-0.15, -0.1) is 0 Å². The number of carbonyl (C=O) groups is 1. The molecule has 1 aromatic carbocycles. The summed E-state index contributed by atoms with van der Waals surface area (Å²) in [6.45, 7) is 4.06. The molecule has 0 saturated carbocycles. The maximum absolute atomic E-state index is 13.0. The van der Waals surface area contributed by atoms with Crippen LogP contribution in [0.5, 0.6) is 5.75 Å². The van der Waals surface area contributed by atoms with Gasteiger partial charge in [0.2, 0.25) is 5.91 Å². The van der Waals surface area contributed by atoms with Gasteiger partial charge in [0, 0.05) is 26.2 Å². The Labute approximate surface area is 185 Å². The number of carbonyl (C=O) groups excluding carboxylic acids is 1. The number of anilines is 1. The summed E-state index contributed by atoms with van der Waals surface area (Å²) in [5, 5.41) is 9.26. The summed E-state index contributed by atoms with van der Waals surface area (Å²) in [5.74, 6) is 0.722. The van der Waals surface area contributed by atoms with E-state index in [1.807, 2.05) is 30.3 Å². The predicted octanol–water partition coefficient (Wildman–Crippen LogP) is 4.04. The molecule has 0 aliphatic carbocycles. The van der Waals surface area contributed by atoms with Gasteiger partial charge in [-0.05, 0) is 36.2 Å². The lowest BCUT2D eigenvalue weighted by atomic mass is 10.1. The van der Waals surface area contributed by atoms with E-state index in [4.69, 9.17) is 4.74 Å². The maximum atomic E-state index is 13.0. The van der Waals surface area contributed by atoms with E-state index in [1.165, 1.54) is 0 Å². The zero-order valence-corrected chi connectivity index (χ0v) is 17.9. The second-order valence-electron chi connectivity index (χ2n) is 7.57. The minimum atomic E-state index is -4.59. The van der Waals surface area contributed by atoms with Gasteiger partial charge < -0.3 is 14.5 Å². The molecule has 6 nitrogen and oxygen atoms in total. The summed E-state index contributed by atoms with van der Waals surface area (Å²) >= 11 is 0. The molecule has 1 aromatic heterocycles. The zero-order chi connectivity index (χ0) is 23.1. The van der Waals surface area contributed by atoms with Crippen LogP contribution in [0.25, 0.3) is 0 Å². The fraction of sp³-hybridized carbons (Fsp3) is 0.435. The van der Waals surface area contributed by atoms with Crippen LogP contribution in [0.1, 0.15) is 36.6 Å². The predicted molar refractivity (Wildman–Crippen MR) is 113 cm³/mol. The molecule has 1 aliphatic heterocycles. The number of rotatable bonds is 7. The Kier molecular flexibility index (Phi) is 7.57. The van der Waals surface area contributed by atoms with Crippen LogP contribution in [0, 0.1) is 11.3 Å². The lowest BCUT2D eigenvalue weighted by molar-refractivity contribution is -0.141. The monoisotopic (exact) mass is 446 g/mol. The number of amides is 1. The standard InChI is InChI=1S/C23H25F3N4O2/c1-2-3-14-32-19-7-4-17(5-8-19)15-21(31)29-10-12-30(13-11-29)22-18(16-27)6-9-20(28-22)23(24,25)26/h4-9H,2-3,10-15H2,1H3. The molecule has 2 heterocycles. The second-order valence-corrected chi connectivity index (χ2v) is 7.57. The first-order valence-corrected chi connectivity index (χ1v) is 10.5. The Bertz CT molecular complexity index is 963. The third kappa shape index (κ3) is 5.90. The number of hydrogen-bond donors (Lipinski definition) is 0. The molecule has 1 saturated heterocycles. The highest BCUT2D eigenvalue weighted by atomic mass is 19.4. The number of nitriles is 1. The first-order valence-electron chi connectivity index (χ1n) is 10.5. The van der Waals surface area contributed by atoms with Crippen molar-refractivity contribution in [3.63, 3.8) is 0 Å². The Morgan fingerprint density at radius 1 is 1.12 bits per heavy atom. The smallest absolute Gasteiger partial charge is 0.433 e. The summed E-state index contributed by atoms with van der Waals surface area (Å²) < 4.78 is 44.7. The number of hydrogen-bond acceptors (Lipinski definition) is 5. The van der Waals surface area contributed by atoms with Crippen LogP contribution in [-0.2, 0) is 17.4 Å². The number of ether oxygens (including phenoxy) is 1. The van der Waals surface area contributed by atoms with E-state index in [-0.39, 0.29) is 23.7 Å². The summed E-state index contributed by atoms with van der Waals surface area (Å²) in [5.41, 5.74) is -0.0854. The van der Waals surface area contributed by atoms with Crippen molar-refractivity contribution in [3.05, 3.63) is 53.2 Å². The van der Waals surface area contributed by atoms with Crippen molar-refractivity contribution in [2.45, 2.75) is 32.4 Å². The summed E-state index contributed by atoms with van der Waals surface area (Å²) in [6, 6.07) is 11.3. The van der Waals surface area contributed by atoms with Gasteiger partial charge in [-0.1, -0.05) is 25.5 Å². The normalized spacial score (nSPS) is 14.2. The second kappa shape index (κ2) is 10.4. The van der Waals surface area contributed by atoms with Gasteiger partial charge >= 0.3 is 6.18 Å². The van der Waals surface area contributed by atoms with Crippen molar-refractivity contribution in [3.8, 4) is 11.8 Å². The molecule has 0 unspecified atom stereocenters. The molecular weight excluding hydrogens is 421 g/mol. The number of halogens is 3. The number of benzene rings is 1. The van der Waals surface area contributed by atoms with Crippen LogP contribution in [-0.4, -0.2) is 48.6 Å². The van der Waals surface area contributed by atoms with E-state index in [9.17, 15) is 23.2 Å². The minimum absolute atomic E-state index is 0.00749. The van der Waals surface area contributed by atoms with Gasteiger partial charge in [-0.3, -0.25) is 4.79 Å². The van der Waals surface area contributed by atoms with Gasteiger partial charge in [-0.2, -0.15) is 18.4 Å². The van der Waals surface area contributed by atoms with Crippen molar-refractivity contribution < 1.29 is 22.7 Å².